The predicted molar refractivity (Wildman–Crippen MR) is 97.3 cm³/mol. The summed E-state index contributed by atoms with van der Waals surface area (Å²) in [4.78, 5) is 12.0. The summed E-state index contributed by atoms with van der Waals surface area (Å²) in [5.41, 5.74) is 0.822. The van der Waals surface area contributed by atoms with Crippen LogP contribution in [0.25, 0.3) is 6.08 Å². The molecular formula is C17H21N3O4S. The van der Waals surface area contributed by atoms with E-state index in [1.807, 2.05) is 13.0 Å². The Kier molecular flexibility index (Phi) is 7.36. The average molecular weight is 363 g/mol. The number of hydrogen-bond acceptors (Lipinski definition) is 7. The Morgan fingerprint density at radius 1 is 1.24 bits per heavy atom. The number of nitrogens with zero attached hydrogens (tertiary/aromatic N) is 2. The third kappa shape index (κ3) is 5.84. The minimum atomic E-state index is -0.276. The average Bonchev–Trinajstić information content (AvgIpc) is 3.07. The van der Waals surface area contributed by atoms with Crippen molar-refractivity contribution in [1.82, 2.24) is 10.2 Å². The lowest BCUT2D eigenvalue weighted by Crippen LogP contribution is -2.07. The molecule has 25 heavy (non-hydrogen) atoms. The Bertz CT molecular complexity index is 730. The molecule has 0 aliphatic rings. The second-order valence-electron chi connectivity index (χ2n) is 4.88. The van der Waals surface area contributed by atoms with Crippen LogP contribution in [-0.2, 0) is 16.0 Å². The number of anilines is 1. The summed E-state index contributed by atoms with van der Waals surface area (Å²) in [5, 5.41) is 12.0. The van der Waals surface area contributed by atoms with Crippen molar-refractivity contribution in [2.24, 2.45) is 0 Å². The molecule has 0 unspecified atom stereocenters. The number of carbonyl (C=O) groups excluding carboxylic acids is 1. The van der Waals surface area contributed by atoms with Gasteiger partial charge in [0.2, 0.25) is 11.0 Å². The van der Waals surface area contributed by atoms with Gasteiger partial charge in [-0.2, -0.15) is 0 Å². The first-order chi connectivity index (χ1) is 12.2. The standard InChI is InChI=1S/C17H21N3O4S/c1-4-24-10-9-16-19-20-17(25-16)18-15(21)8-6-12-5-7-13(22-2)14(11-12)23-3/h5-8,11H,4,9-10H2,1-3H3,(H,18,20,21)/b8-6+. The smallest absolute Gasteiger partial charge is 0.250 e. The summed E-state index contributed by atoms with van der Waals surface area (Å²) in [5.74, 6) is 0.966. The van der Waals surface area contributed by atoms with Crippen molar-refractivity contribution >= 4 is 28.5 Å². The largest absolute Gasteiger partial charge is 0.493 e. The van der Waals surface area contributed by atoms with Gasteiger partial charge in [0.1, 0.15) is 5.01 Å². The molecular weight excluding hydrogens is 342 g/mol. The fraction of sp³-hybridized carbons (Fsp3) is 0.353. The molecule has 1 aromatic carbocycles. The first-order valence-corrected chi connectivity index (χ1v) is 8.59. The van der Waals surface area contributed by atoms with Crippen molar-refractivity contribution in [3.63, 3.8) is 0 Å². The lowest BCUT2D eigenvalue weighted by atomic mass is 10.2. The molecule has 1 N–H and O–H groups in total. The lowest BCUT2D eigenvalue weighted by Gasteiger charge is -2.07. The Hall–Kier alpha value is -2.45. The van der Waals surface area contributed by atoms with Gasteiger partial charge in [-0.1, -0.05) is 17.4 Å². The third-order valence-corrected chi connectivity index (χ3v) is 4.09. The predicted octanol–water partition coefficient (Wildman–Crippen LogP) is 2.79. The first-order valence-electron chi connectivity index (χ1n) is 7.77. The molecule has 0 spiro atoms. The number of rotatable bonds is 9. The van der Waals surface area contributed by atoms with Crippen LogP contribution in [0.2, 0.25) is 0 Å². The topological polar surface area (TPSA) is 82.6 Å². The molecule has 0 radical (unpaired) electrons. The fourth-order valence-corrected chi connectivity index (χ4v) is 2.71. The number of benzene rings is 1. The molecule has 8 heteroatoms. The zero-order chi connectivity index (χ0) is 18.1. The van der Waals surface area contributed by atoms with Crippen LogP contribution in [0.4, 0.5) is 5.13 Å². The zero-order valence-electron chi connectivity index (χ0n) is 14.4. The minimum Gasteiger partial charge on any atom is -0.493 e. The summed E-state index contributed by atoms with van der Waals surface area (Å²) in [6, 6.07) is 5.41. The molecule has 0 saturated heterocycles. The van der Waals surface area contributed by atoms with Gasteiger partial charge in [-0.05, 0) is 30.7 Å². The van der Waals surface area contributed by atoms with E-state index in [1.165, 1.54) is 17.4 Å². The van der Waals surface area contributed by atoms with Crippen LogP contribution in [0.3, 0.4) is 0 Å². The summed E-state index contributed by atoms with van der Waals surface area (Å²) >= 11 is 1.34. The Labute approximate surface area is 150 Å². The number of ether oxygens (including phenoxy) is 3. The second-order valence-corrected chi connectivity index (χ2v) is 5.95. The highest BCUT2D eigenvalue weighted by atomic mass is 32.1. The van der Waals surface area contributed by atoms with Gasteiger partial charge >= 0.3 is 0 Å². The molecule has 7 nitrogen and oxygen atoms in total. The van der Waals surface area contributed by atoms with E-state index in [0.29, 0.717) is 36.3 Å². The van der Waals surface area contributed by atoms with Crippen molar-refractivity contribution < 1.29 is 19.0 Å². The van der Waals surface area contributed by atoms with Gasteiger partial charge in [-0.25, -0.2) is 0 Å². The number of carbonyl (C=O) groups is 1. The molecule has 2 rings (SSSR count). The van der Waals surface area contributed by atoms with Gasteiger partial charge in [0.25, 0.3) is 0 Å². The van der Waals surface area contributed by atoms with Gasteiger partial charge in [0, 0.05) is 19.1 Å². The van der Waals surface area contributed by atoms with E-state index in [4.69, 9.17) is 14.2 Å². The maximum absolute atomic E-state index is 12.0. The Balaban J connectivity index is 1.92. The fourth-order valence-electron chi connectivity index (χ4n) is 1.98. The Morgan fingerprint density at radius 3 is 2.76 bits per heavy atom. The number of nitrogens with one attached hydrogen (secondary N) is 1. The first kappa shape index (κ1) is 18.9. The van der Waals surface area contributed by atoms with Crippen LogP contribution >= 0.6 is 11.3 Å². The van der Waals surface area contributed by atoms with E-state index < -0.39 is 0 Å². The molecule has 2 aromatic rings. The van der Waals surface area contributed by atoms with E-state index in [0.717, 1.165) is 10.6 Å². The highest BCUT2D eigenvalue weighted by Gasteiger charge is 2.07. The number of methoxy groups -OCH3 is 2. The zero-order valence-corrected chi connectivity index (χ0v) is 15.3. The van der Waals surface area contributed by atoms with Gasteiger partial charge in [-0.3, -0.25) is 10.1 Å². The monoisotopic (exact) mass is 363 g/mol. The van der Waals surface area contributed by atoms with E-state index in [-0.39, 0.29) is 5.91 Å². The van der Waals surface area contributed by atoms with Gasteiger partial charge < -0.3 is 14.2 Å². The molecule has 0 bridgehead atoms. The number of amides is 1. The maximum atomic E-state index is 12.0. The molecule has 0 fully saturated rings. The van der Waals surface area contributed by atoms with Crippen molar-refractivity contribution in [2.45, 2.75) is 13.3 Å². The van der Waals surface area contributed by atoms with Gasteiger partial charge in [0.05, 0.1) is 20.8 Å². The van der Waals surface area contributed by atoms with Crippen molar-refractivity contribution in [2.75, 3.05) is 32.8 Å². The summed E-state index contributed by atoms with van der Waals surface area (Å²) in [6.07, 6.45) is 3.81. The Morgan fingerprint density at radius 2 is 2.04 bits per heavy atom. The lowest BCUT2D eigenvalue weighted by molar-refractivity contribution is -0.111. The number of hydrogen-bond donors (Lipinski definition) is 1. The molecule has 1 heterocycles. The quantitative estimate of drug-likeness (QED) is 0.545. The molecule has 0 atom stereocenters. The van der Waals surface area contributed by atoms with E-state index in [9.17, 15) is 4.79 Å². The van der Waals surface area contributed by atoms with E-state index in [1.54, 1.807) is 32.4 Å². The molecule has 134 valence electrons. The normalized spacial score (nSPS) is 10.8. The van der Waals surface area contributed by atoms with Gasteiger partial charge in [-0.15, -0.1) is 10.2 Å². The summed E-state index contributed by atoms with van der Waals surface area (Å²) in [6.45, 7) is 3.21. The molecule has 0 saturated carbocycles. The van der Waals surface area contributed by atoms with Crippen LogP contribution in [0.1, 0.15) is 17.5 Å². The van der Waals surface area contributed by atoms with Crippen LogP contribution < -0.4 is 14.8 Å². The summed E-state index contributed by atoms with van der Waals surface area (Å²) in [7, 11) is 3.14. The SMILES string of the molecule is CCOCCc1nnc(NC(=O)/C=C/c2ccc(OC)c(OC)c2)s1. The molecule has 1 amide bonds. The van der Waals surface area contributed by atoms with Crippen molar-refractivity contribution in [3.05, 3.63) is 34.8 Å². The van der Waals surface area contributed by atoms with Crippen LogP contribution in [0.15, 0.2) is 24.3 Å². The second kappa shape index (κ2) is 9.75. The minimum absolute atomic E-state index is 0.276. The van der Waals surface area contributed by atoms with Crippen molar-refractivity contribution in [1.29, 1.82) is 0 Å². The highest BCUT2D eigenvalue weighted by Crippen LogP contribution is 2.28. The summed E-state index contributed by atoms with van der Waals surface area (Å²) < 4.78 is 15.7. The van der Waals surface area contributed by atoms with Crippen LogP contribution in [-0.4, -0.2) is 43.5 Å². The number of aromatic nitrogens is 2. The van der Waals surface area contributed by atoms with Crippen molar-refractivity contribution in [3.8, 4) is 11.5 Å². The third-order valence-electron chi connectivity index (χ3n) is 3.20. The van der Waals surface area contributed by atoms with Gasteiger partial charge in [0.15, 0.2) is 11.5 Å². The highest BCUT2D eigenvalue weighted by molar-refractivity contribution is 7.15. The maximum Gasteiger partial charge on any atom is 0.250 e. The molecule has 1 aromatic heterocycles. The van der Waals surface area contributed by atoms with E-state index in [2.05, 4.69) is 15.5 Å². The van der Waals surface area contributed by atoms with Crippen LogP contribution in [0.5, 0.6) is 11.5 Å². The van der Waals surface area contributed by atoms with E-state index >= 15 is 0 Å². The molecule has 0 aliphatic heterocycles. The van der Waals surface area contributed by atoms with Crippen LogP contribution in [0, 0.1) is 0 Å². The molecule has 0 aliphatic carbocycles.